The molecule has 74 valence electrons. The van der Waals surface area contributed by atoms with Crippen LogP contribution in [0.25, 0.3) is 0 Å². The molecule has 1 aromatic carbocycles. The van der Waals surface area contributed by atoms with Gasteiger partial charge in [-0.05, 0) is 12.1 Å². The van der Waals surface area contributed by atoms with Gasteiger partial charge >= 0.3 is 6.18 Å². The van der Waals surface area contributed by atoms with E-state index in [1.165, 1.54) is 0 Å². The van der Waals surface area contributed by atoms with Gasteiger partial charge in [0.05, 0.1) is 22.2 Å². The number of nitrogens with two attached hydrogens (primary N) is 1. The van der Waals surface area contributed by atoms with Crippen molar-refractivity contribution in [2.75, 3.05) is 5.73 Å². The molecule has 2 nitrogen and oxygen atoms in total. The van der Waals surface area contributed by atoms with Gasteiger partial charge in [0.15, 0.2) is 0 Å². The number of nitriles is 1. The molecule has 0 saturated heterocycles. The molecule has 0 aliphatic heterocycles. The van der Waals surface area contributed by atoms with Crippen LogP contribution in [0.5, 0.6) is 0 Å². The maximum atomic E-state index is 12.3. The van der Waals surface area contributed by atoms with Gasteiger partial charge in [-0.3, -0.25) is 0 Å². The third kappa shape index (κ3) is 1.91. The van der Waals surface area contributed by atoms with Gasteiger partial charge in [0, 0.05) is 5.69 Å². The van der Waals surface area contributed by atoms with Crippen molar-refractivity contribution in [1.29, 1.82) is 5.26 Å². The summed E-state index contributed by atoms with van der Waals surface area (Å²) >= 11 is 5.35. The molecule has 0 saturated carbocycles. The monoisotopic (exact) mass is 220 g/mol. The van der Waals surface area contributed by atoms with E-state index in [0.717, 1.165) is 12.1 Å². The number of anilines is 1. The molecule has 0 atom stereocenters. The fourth-order valence-electron chi connectivity index (χ4n) is 0.992. The van der Waals surface area contributed by atoms with Crippen molar-refractivity contribution >= 4 is 17.3 Å². The molecule has 1 rings (SSSR count). The van der Waals surface area contributed by atoms with Crippen LogP contribution in [0.3, 0.4) is 0 Å². The predicted molar refractivity (Wildman–Crippen MR) is 45.6 cm³/mol. The molecule has 0 amide bonds. The number of alkyl halides is 3. The Morgan fingerprint density at radius 3 is 2.29 bits per heavy atom. The highest BCUT2D eigenvalue weighted by molar-refractivity contribution is 6.32. The molecule has 0 aliphatic carbocycles. The van der Waals surface area contributed by atoms with Crippen LogP contribution in [-0.4, -0.2) is 0 Å². The van der Waals surface area contributed by atoms with Gasteiger partial charge in [-0.25, -0.2) is 0 Å². The molecule has 0 aliphatic rings. The minimum atomic E-state index is -4.60. The molecule has 0 unspecified atom stereocenters. The Labute approximate surface area is 82.7 Å². The minimum absolute atomic E-state index is 0.000463. The second kappa shape index (κ2) is 3.39. The first-order valence-electron chi connectivity index (χ1n) is 3.42. The number of halogens is 4. The SMILES string of the molecule is N#Cc1cc(N)c(C(F)(F)F)c(Cl)c1. The van der Waals surface area contributed by atoms with Crippen molar-refractivity contribution in [3.05, 3.63) is 28.3 Å². The molecular weight excluding hydrogens is 217 g/mol. The number of nitrogens with zero attached hydrogens (tertiary/aromatic N) is 1. The van der Waals surface area contributed by atoms with Gasteiger partial charge in [-0.1, -0.05) is 11.6 Å². The van der Waals surface area contributed by atoms with Gasteiger partial charge in [-0.15, -0.1) is 0 Å². The maximum Gasteiger partial charge on any atom is 0.419 e. The van der Waals surface area contributed by atoms with Gasteiger partial charge in [0.25, 0.3) is 0 Å². The van der Waals surface area contributed by atoms with E-state index in [2.05, 4.69) is 0 Å². The van der Waals surface area contributed by atoms with Crippen molar-refractivity contribution in [2.24, 2.45) is 0 Å². The molecule has 1 aromatic rings. The molecule has 2 N–H and O–H groups in total. The molecule has 0 fully saturated rings. The second-order valence-corrected chi connectivity index (χ2v) is 2.94. The smallest absolute Gasteiger partial charge is 0.398 e. The predicted octanol–water partition coefficient (Wildman–Crippen LogP) is 2.81. The molecule has 0 aromatic heterocycles. The van der Waals surface area contributed by atoms with Gasteiger partial charge in [0.1, 0.15) is 0 Å². The van der Waals surface area contributed by atoms with Crippen molar-refractivity contribution in [2.45, 2.75) is 6.18 Å². The van der Waals surface area contributed by atoms with Crippen LogP contribution in [0, 0.1) is 11.3 Å². The van der Waals surface area contributed by atoms with E-state index in [4.69, 9.17) is 22.6 Å². The zero-order chi connectivity index (χ0) is 10.9. The summed E-state index contributed by atoms with van der Waals surface area (Å²) in [4.78, 5) is 0. The average Bonchev–Trinajstić information content (AvgIpc) is 1.99. The third-order valence-electron chi connectivity index (χ3n) is 1.53. The molecule has 0 heterocycles. The van der Waals surface area contributed by atoms with Crippen LogP contribution < -0.4 is 5.73 Å². The number of rotatable bonds is 0. The maximum absolute atomic E-state index is 12.3. The highest BCUT2D eigenvalue weighted by Crippen LogP contribution is 2.39. The molecule has 0 spiro atoms. The van der Waals surface area contributed by atoms with E-state index in [1.807, 2.05) is 0 Å². The summed E-state index contributed by atoms with van der Waals surface area (Å²) in [5.74, 6) is 0. The molecule has 0 bridgehead atoms. The van der Waals surface area contributed by atoms with Crippen molar-refractivity contribution in [1.82, 2.24) is 0 Å². The van der Waals surface area contributed by atoms with Crippen LogP contribution in [-0.2, 0) is 6.18 Å². The number of hydrogen-bond acceptors (Lipinski definition) is 2. The van der Waals surface area contributed by atoms with Crippen LogP contribution in [0.2, 0.25) is 5.02 Å². The molecule has 6 heteroatoms. The highest BCUT2D eigenvalue weighted by Gasteiger charge is 2.35. The van der Waals surface area contributed by atoms with Crippen LogP contribution in [0.15, 0.2) is 12.1 Å². The summed E-state index contributed by atoms with van der Waals surface area (Å²) in [6, 6.07) is 3.53. The summed E-state index contributed by atoms with van der Waals surface area (Å²) in [6.07, 6.45) is -4.60. The first kappa shape index (κ1) is 10.7. The van der Waals surface area contributed by atoms with Gasteiger partial charge < -0.3 is 5.73 Å². The number of hydrogen-bond donors (Lipinski definition) is 1. The second-order valence-electron chi connectivity index (χ2n) is 2.53. The third-order valence-corrected chi connectivity index (χ3v) is 1.83. The summed E-state index contributed by atoms with van der Waals surface area (Å²) in [6.45, 7) is 0. The lowest BCUT2D eigenvalue weighted by molar-refractivity contribution is -0.136. The lowest BCUT2D eigenvalue weighted by Crippen LogP contribution is -2.10. The van der Waals surface area contributed by atoms with E-state index < -0.39 is 22.4 Å². The molecular formula is C8H4ClF3N2. The van der Waals surface area contributed by atoms with Crippen molar-refractivity contribution in [3.8, 4) is 6.07 Å². The highest BCUT2D eigenvalue weighted by atomic mass is 35.5. The largest absolute Gasteiger partial charge is 0.419 e. The fourth-order valence-corrected chi connectivity index (χ4v) is 1.33. The summed E-state index contributed by atoms with van der Waals surface area (Å²) in [5, 5.41) is 7.87. The number of nitrogen functional groups attached to an aromatic ring is 1. The lowest BCUT2D eigenvalue weighted by Gasteiger charge is -2.11. The van der Waals surface area contributed by atoms with Crippen molar-refractivity contribution < 1.29 is 13.2 Å². The average molecular weight is 221 g/mol. The van der Waals surface area contributed by atoms with Crippen LogP contribution in [0.1, 0.15) is 11.1 Å². The van der Waals surface area contributed by atoms with E-state index in [-0.39, 0.29) is 5.56 Å². The Morgan fingerprint density at radius 1 is 1.36 bits per heavy atom. The standard InChI is InChI=1S/C8H4ClF3N2/c9-5-1-4(3-13)2-6(14)7(5)8(10,11)12/h1-2H,14H2. The number of benzene rings is 1. The van der Waals surface area contributed by atoms with Crippen LogP contribution in [0.4, 0.5) is 18.9 Å². The summed E-state index contributed by atoms with van der Waals surface area (Å²) in [5.41, 5.74) is 3.49. The Balaban J connectivity index is 3.42. The van der Waals surface area contributed by atoms with Crippen LogP contribution >= 0.6 is 11.6 Å². The van der Waals surface area contributed by atoms with Gasteiger partial charge in [-0.2, -0.15) is 18.4 Å². The van der Waals surface area contributed by atoms with E-state index >= 15 is 0 Å². The minimum Gasteiger partial charge on any atom is -0.398 e. The fraction of sp³-hybridized carbons (Fsp3) is 0.125. The Bertz CT molecular complexity index is 383. The first-order chi connectivity index (χ1) is 6.36. The lowest BCUT2D eigenvalue weighted by atomic mass is 10.1. The zero-order valence-electron chi connectivity index (χ0n) is 6.69. The summed E-state index contributed by atoms with van der Waals surface area (Å²) < 4.78 is 36.9. The summed E-state index contributed by atoms with van der Waals surface area (Å²) in [7, 11) is 0. The Hall–Kier alpha value is -1.41. The molecule has 0 radical (unpaired) electrons. The zero-order valence-corrected chi connectivity index (χ0v) is 7.45. The quantitative estimate of drug-likeness (QED) is 0.684. The van der Waals surface area contributed by atoms with Crippen molar-refractivity contribution in [3.63, 3.8) is 0 Å². The topological polar surface area (TPSA) is 49.8 Å². The Kier molecular flexibility index (Phi) is 2.58. The van der Waals surface area contributed by atoms with Gasteiger partial charge in [0.2, 0.25) is 0 Å². The van der Waals surface area contributed by atoms with E-state index in [9.17, 15) is 13.2 Å². The first-order valence-corrected chi connectivity index (χ1v) is 3.80. The van der Waals surface area contributed by atoms with E-state index in [1.54, 1.807) is 6.07 Å². The van der Waals surface area contributed by atoms with E-state index in [0.29, 0.717) is 0 Å². The molecule has 14 heavy (non-hydrogen) atoms. The normalized spacial score (nSPS) is 11.1. The Morgan fingerprint density at radius 2 is 1.93 bits per heavy atom.